The van der Waals surface area contributed by atoms with Crippen LogP contribution in [0, 0.1) is 11.3 Å². The van der Waals surface area contributed by atoms with Gasteiger partial charge in [0.1, 0.15) is 5.82 Å². The number of hydrogen-bond donors (Lipinski definition) is 1. The number of nitriles is 1. The maximum absolute atomic E-state index is 11.8. The van der Waals surface area contributed by atoms with Crippen molar-refractivity contribution in [3.05, 3.63) is 40.4 Å². The molecule has 92 valence electrons. The van der Waals surface area contributed by atoms with Gasteiger partial charge in [-0.1, -0.05) is 19.1 Å². The van der Waals surface area contributed by atoms with Crippen LogP contribution in [-0.4, -0.2) is 28.0 Å². The second-order valence-electron chi connectivity index (χ2n) is 3.99. The van der Waals surface area contributed by atoms with E-state index in [0.717, 1.165) is 6.54 Å². The lowest BCUT2D eigenvalue weighted by Crippen LogP contribution is -2.26. The Labute approximate surface area is 105 Å². The fraction of sp³-hybridized carbons (Fsp3) is 0.308. The normalized spacial score (nSPS) is 10.7. The minimum Gasteiger partial charge on any atom is -0.309 e. The van der Waals surface area contributed by atoms with Crippen molar-refractivity contribution in [3.8, 4) is 6.07 Å². The number of fused-ring (bicyclic) bond motifs is 1. The molecule has 1 N–H and O–H groups in total. The lowest BCUT2D eigenvalue weighted by Gasteiger charge is -2.15. The molecule has 5 nitrogen and oxygen atoms in total. The zero-order chi connectivity index (χ0) is 13.0. The maximum Gasteiger partial charge on any atom is 0.258 e. The molecule has 0 spiro atoms. The Bertz CT molecular complexity index is 641. The molecule has 2 aromatic rings. The zero-order valence-corrected chi connectivity index (χ0v) is 10.2. The van der Waals surface area contributed by atoms with Crippen LogP contribution in [0.15, 0.2) is 29.1 Å². The van der Waals surface area contributed by atoms with Crippen LogP contribution in [0.2, 0.25) is 0 Å². The summed E-state index contributed by atoms with van der Waals surface area (Å²) in [5, 5.41) is 9.28. The van der Waals surface area contributed by atoms with Crippen molar-refractivity contribution >= 4 is 10.9 Å². The molecule has 0 unspecified atom stereocenters. The van der Waals surface area contributed by atoms with Crippen molar-refractivity contribution in [3.63, 3.8) is 0 Å². The first kappa shape index (κ1) is 12.3. The Morgan fingerprint density at radius 2 is 2.22 bits per heavy atom. The van der Waals surface area contributed by atoms with E-state index < -0.39 is 0 Å². The Morgan fingerprint density at radius 3 is 2.94 bits per heavy atom. The molecule has 5 heteroatoms. The van der Waals surface area contributed by atoms with Gasteiger partial charge in [0, 0.05) is 0 Å². The van der Waals surface area contributed by atoms with Gasteiger partial charge in [-0.15, -0.1) is 0 Å². The van der Waals surface area contributed by atoms with Crippen molar-refractivity contribution in [2.24, 2.45) is 0 Å². The van der Waals surface area contributed by atoms with E-state index in [1.807, 2.05) is 30.0 Å². The highest BCUT2D eigenvalue weighted by Crippen LogP contribution is 2.06. The molecule has 18 heavy (non-hydrogen) atoms. The minimum absolute atomic E-state index is 0.136. The third-order valence-electron chi connectivity index (χ3n) is 2.78. The maximum atomic E-state index is 11.8. The predicted molar refractivity (Wildman–Crippen MR) is 68.9 cm³/mol. The van der Waals surface area contributed by atoms with Crippen LogP contribution < -0.4 is 5.56 Å². The van der Waals surface area contributed by atoms with Gasteiger partial charge < -0.3 is 4.98 Å². The Hall–Kier alpha value is -2.19. The fourth-order valence-corrected chi connectivity index (χ4v) is 1.80. The molecule has 0 saturated carbocycles. The molecule has 0 aliphatic rings. The van der Waals surface area contributed by atoms with Crippen LogP contribution in [-0.2, 0) is 6.54 Å². The molecule has 2 rings (SSSR count). The number of benzene rings is 1. The number of hydrogen-bond acceptors (Lipinski definition) is 4. The van der Waals surface area contributed by atoms with Crippen molar-refractivity contribution in [2.45, 2.75) is 13.5 Å². The highest BCUT2D eigenvalue weighted by molar-refractivity contribution is 5.77. The van der Waals surface area contributed by atoms with Gasteiger partial charge in [0.05, 0.1) is 30.1 Å². The summed E-state index contributed by atoms with van der Waals surface area (Å²) >= 11 is 0. The second kappa shape index (κ2) is 5.43. The number of para-hydroxylation sites is 1. The first-order valence-corrected chi connectivity index (χ1v) is 5.82. The summed E-state index contributed by atoms with van der Waals surface area (Å²) in [6.07, 6.45) is 0. The monoisotopic (exact) mass is 242 g/mol. The van der Waals surface area contributed by atoms with E-state index in [0.29, 0.717) is 29.8 Å². The van der Waals surface area contributed by atoms with Crippen LogP contribution in [0.3, 0.4) is 0 Å². The predicted octanol–water partition coefficient (Wildman–Crippen LogP) is 1.27. The Balaban J connectivity index is 2.35. The summed E-state index contributed by atoms with van der Waals surface area (Å²) < 4.78 is 0. The molecular weight excluding hydrogens is 228 g/mol. The average molecular weight is 242 g/mol. The number of aromatic amines is 1. The fourth-order valence-electron chi connectivity index (χ4n) is 1.80. The Morgan fingerprint density at radius 1 is 1.44 bits per heavy atom. The van der Waals surface area contributed by atoms with Crippen LogP contribution in [0.25, 0.3) is 10.9 Å². The van der Waals surface area contributed by atoms with Gasteiger partial charge >= 0.3 is 0 Å². The first-order chi connectivity index (χ1) is 8.74. The van der Waals surface area contributed by atoms with E-state index >= 15 is 0 Å². The number of nitrogens with zero attached hydrogens (tertiary/aromatic N) is 3. The third kappa shape index (κ3) is 2.55. The van der Waals surface area contributed by atoms with E-state index in [2.05, 4.69) is 16.0 Å². The zero-order valence-electron chi connectivity index (χ0n) is 10.2. The summed E-state index contributed by atoms with van der Waals surface area (Å²) in [5.41, 5.74) is 0.549. The van der Waals surface area contributed by atoms with E-state index in [4.69, 9.17) is 5.26 Å². The van der Waals surface area contributed by atoms with Crippen LogP contribution in [0.4, 0.5) is 0 Å². The third-order valence-corrected chi connectivity index (χ3v) is 2.78. The van der Waals surface area contributed by atoms with Gasteiger partial charge in [-0.2, -0.15) is 5.26 Å². The molecule has 0 bridgehead atoms. The molecule has 0 aliphatic heterocycles. The van der Waals surface area contributed by atoms with Crippen LogP contribution in [0.5, 0.6) is 0 Å². The highest BCUT2D eigenvalue weighted by Gasteiger charge is 2.07. The quantitative estimate of drug-likeness (QED) is 0.819. The number of aromatic nitrogens is 2. The summed E-state index contributed by atoms with van der Waals surface area (Å²) in [5.74, 6) is 0.593. The smallest absolute Gasteiger partial charge is 0.258 e. The highest BCUT2D eigenvalue weighted by atomic mass is 16.1. The summed E-state index contributed by atoms with van der Waals surface area (Å²) in [6.45, 7) is 3.51. The standard InChI is InChI=1S/C13H14N4O/c1-2-17(8-7-14)9-12-15-11-6-4-3-5-10(11)13(18)16-12/h3-6H,2,8-9H2,1H3,(H,15,16,18). The van der Waals surface area contributed by atoms with Crippen LogP contribution in [0.1, 0.15) is 12.7 Å². The molecule has 0 amide bonds. The van der Waals surface area contributed by atoms with E-state index in [1.54, 1.807) is 6.07 Å². The molecule has 1 aromatic carbocycles. The number of nitrogens with one attached hydrogen (secondary N) is 1. The molecule has 1 aromatic heterocycles. The van der Waals surface area contributed by atoms with Crippen molar-refractivity contribution in [2.75, 3.05) is 13.1 Å². The van der Waals surface area contributed by atoms with Crippen molar-refractivity contribution in [1.82, 2.24) is 14.9 Å². The SMILES string of the molecule is CCN(CC#N)Cc1nc2ccccc2c(=O)[nH]1. The summed E-state index contributed by atoms with van der Waals surface area (Å²) in [7, 11) is 0. The number of rotatable bonds is 4. The topological polar surface area (TPSA) is 72.8 Å². The molecule has 1 heterocycles. The number of H-pyrrole nitrogens is 1. The van der Waals surface area contributed by atoms with Gasteiger partial charge in [-0.3, -0.25) is 9.69 Å². The molecular formula is C13H14N4O. The second-order valence-corrected chi connectivity index (χ2v) is 3.99. The van der Waals surface area contributed by atoms with Crippen LogP contribution >= 0.6 is 0 Å². The summed E-state index contributed by atoms with van der Waals surface area (Å²) in [6, 6.07) is 9.32. The summed E-state index contributed by atoms with van der Waals surface area (Å²) in [4.78, 5) is 20.9. The largest absolute Gasteiger partial charge is 0.309 e. The van der Waals surface area contributed by atoms with Gasteiger partial charge in [0.25, 0.3) is 5.56 Å². The molecule has 0 saturated heterocycles. The lowest BCUT2D eigenvalue weighted by atomic mass is 10.2. The van der Waals surface area contributed by atoms with E-state index in [9.17, 15) is 4.79 Å². The van der Waals surface area contributed by atoms with Crippen molar-refractivity contribution in [1.29, 1.82) is 5.26 Å². The Kier molecular flexibility index (Phi) is 3.70. The molecule has 0 fully saturated rings. The average Bonchev–Trinajstić information content (AvgIpc) is 2.38. The molecule has 0 aliphatic carbocycles. The van der Waals surface area contributed by atoms with Gasteiger partial charge in [0.2, 0.25) is 0 Å². The van der Waals surface area contributed by atoms with Gasteiger partial charge in [0.15, 0.2) is 0 Å². The lowest BCUT2D eigenvalue weighted by molar-refractivity contribution is 0.306. The molecule has 0 atom stereocenters. The van der Waals surface area contributed by atoms with Crippen molar-refractivity contribution < 1.29 is 0 Å². The molecule has 0 radical (unpaired) electrons. The van der Waals surface area contributed by atoms with Gasteiger partial charge in [-0.05, 0) is 18.7 Å². The first-order valence-electron chi connectivity index (χ1n) is 5.82. The minimum atomic E-state index is -0.136. The van der Waals surface area contributed by atoms with Gasteiger partial charge in [-0.25, -0.2) is 4.98 Å². The van der Waals surface area contributed by atoms with E-state index in [1.165, 1.54) is 0 Å². The van der Waals surface area contributed by atoms with E-state index in [-0.39, 0.29) is 5.56 Å².